The first-order valence-electron chi connectivity index (χ1n) is 15.6. The molecule has 3 atom stereocenters. The highest BCUT2D eigenvalue weighted by Crippen LogP contribution is 2.28. The van der Waals surface area contributed by atoms with Crippen molar-refractivity contribution in [1.82, 2.24) is 15.1 Å². The lowest BCUT2D eigenvalue weighted by Gasteiger charge is -2.33. The van der Waals surface area contributed by atoms with Gasteiger partial charge in [-0.3, -0.25) is 29.4 Å². The first-order chi connectivity index (χ1) is 21.7. The van der Waals surface area contributed by atoms with E-state index in [1.165, 1.54) is 11.9 Å². The molecule has 2 N–H and O–H groups in total. The molecule has 0 saturated heterocycles. The van der Waals surface area contributed by atoms with Gasteiger partial charge in [0.15, 0.2) is 0 Å². The fraction of sp³-hybridized carbons (Fsp3) is 0.417. The minimum Gasteiger partial charge on any atom is -0.480 e. The number of benzene rings is 3. The Hall–Kier alpha value is -4.57. The standard InChI is InChI=1S/C36H43N3O7/c1-22(2)18-29(33(42)38(6)30(34(43)44)19-23-12-8-7-9-13-23)37-28(35(45)46-36(3,4)5)16-17-39-31(40)26-20-24-14-10-11-15-25(24)21-27(26)32(39)41/h7-15,20-22,28-30,37H,16-19H2,1-6H3,(H,43,44)/t28?,29-,30-/m0/s1. The summed E-state index contributed by atoms with van der Waals surface area (Å²) in [6, 6.07) is 16.8. The van der Waals surface area contributed by atoms with E-state index in [-0.39, 0.29) is 25.3 Å². The molecule has 10 nitrogen and oxygen atoms in total. The maximum atomic E-state index is 13.9. The summed E-state index contributed by atoms with van der Waals surface area (Å²) < 4.78 is 5.68. The van der Waals surface area contributed by atoms with Crippen LogP contribution in [0, 0.1) is 5.92 Å². The van der Waals surface area contributed by atoms with Gasteiger partial charge in [0, 0.05) is 20.0 Å². The Morgan fingerprint density at radius 3 is 1.93 bits per heavy atom. The second-order valence-corrected chi connectivity index (χ2v) is 13.2. The third-order valence-corrected chi connectivity index (χ3v) is 7.95. The van der Waals surface area contributed by atoms with Crippen LogP contribution in [0.4, 0.5) is 0 Å². The van der Waals surface area contributed by atoms with Crippen LogP contribution in [-0.4, -0.2) is 81.9 Å². The molecule has 0 fully saturated rings. The Balaban J connectivity index is 1.57. The van der Waals surface area contributed by atoms with Crippen molar-refractivity contribution >= 4 is 40.4 Å². The maximum Gasteiger partial charge on any atom is 0.326 e. The number of aliphatic carboxylic acids is 1. The summed E-state index contributed by atoms with van der Waals surface area (Å²) in [5.41, 5.74) is 0.532. The van der Waals surface area contributed by atoms with Crippen molar-refractivity contribution in [2.24, 2.45) is 5.92 Å². The predicted octanol–water partition coefficient (Wildman–Crippen LogP) is 4.69. The number of ether oxygens (including phenoxy) is 1. The average Bonchev–Trinajstić information content (AvgIpc) is 3.22. The van der Waals surface area contributed by atoms with Gasteiger partial charge in [-0.1, -0.05) is 68.4 Å². The van der Waals surface area contributed by atoms with Crippen LogP contribution in [0.2, 0.25) is 0 Å². The molecular weight excluding hydrogens is 586 g/mol. The third kappa shape index (κ3) is 8.17. The number of amides is 3. The maximum absolute atomic E-state index is 13.9. The molecule has 46 heavy (non-hydrogen) atoms. The molecule has 244 valence electrons. The lowest BCUT2D eigenvalue weighted by Crippen LogP contribution is -2.56. The van der Waals surface area contributed by atoms with Gasteiger partial charge in [-0.15, -0.1) is 0 Å². The summed E-state index contributed by atoms with van der Waals surface area (Å²) in [4.78, 5) is 68.8. The van der Waals surface area contributed by atoms with Crippen LogP contribution in [-0.2, 0) is 25.5 Å². The van der Waals surface area contributed by atoms with Crippen molar-refractivity contribution < 1.29 is 33.8 Å². The Morgan fingerprint density at radius 2 is 1.43 bits per heavy atom. The van der Waals surface area contributed by atoms with Crippen LogP contribution in [0.25, 0.3) is 10.8 Å². The van der Waals surface area contributed by atoms with Crippen molar-refractivity contribution in [3.63, 3.8) is 0 Å². The fourth-order valence-corrected chi connectivity index (χ4v) is 5.66. The molecule has 4 rings (SSSR count). The molecule has 0 spiro atoms. The molecule has 0 bridgehead atoms. The van der Waals surface area contributed by atoms with Crippen molar-refractivity contribution in [3.05, 3.63) is 83.4 Å². The van der Waals surface area contributed by atoms with E-state index in [0.717, 1.165) is 21.2 Å². The zero-order valence-electron chi connectivity index (χ0n) is 27.3. The van der Waals surface area contributed by atoms with E-state index in [1.807, 2.05) is 44.2 Å². The first-order valence-corrected chi connectivity index (χ1v) is 15.6. The predicted molar refractivity (Wildman–Crippen MR) is 174 cm³/mol. The zero-order chi connectivity index (χ0) is 33.8. The highest BCUT2D eigenvalue weighted by Gasteiger charge is 2.39. The number of nitrogens with one attached hydrogen (secondary N) is 1. The second kappa shape index (κ2) is 14.2. The molecule has 1 unspecified atom stereocenters. The molecule has 10 heteroatoms. The van der Waals surface area contributed by atoms with E-state index in [9.17, 15) is 29.1 Å². The van der Waals surface area contributed by atoms with Gasteiger partial charge < -0.3 is 14.7 Å². The first kappa shape index (κ1) is 34.3. The number of esters is 1. The number of hydrogen-bond acceptors (Lipinski definition) is 7. The van der Waals surface area contributed by atoms with Crippen LogP contribution >= 0.6 is 0 Å². The molecule has 3 amide bonds. The highest BCUT2D eigenvalue weighted by molar-refractivity contribution is 6.23. The minimum absolute atomic E-state index is 0.0110. The van der Waals surface area contributed by atoms with Crippen molar-refractivity contribution in [3.8, 4) is 0 Å². The normalized spacial score (nSPS) is 15.1. The van der Waals surface area contributed by atoms with Gasteiger partial charge in [-0.2, -0.15) is 0 Å². The molecule has 3 aromatic carbocycles. The van der Waals surface area contributed by atoms with E-state index in [2.05, 4.69) is 5.32 Å². The van der Waals surface area contributed by atoms with Crippen molar-refractivity contribution in [1.29, 1.82) is 0 Å². The number of likely N-dealkylation sites (N-methyl/N-ethyl adjacent to an activating group) is 1. The largest absolute Gasteiger partial charge is 0.480 e. The van der Waals surface area contributed by atoms with E-state index < -0.39 is 53.4 Å². The quantitative estimate of drug-likeness (QED) is 0.206. The summed E-state index contributed by atoms with van der Waals surface area (Å²) in [5, 5.41) is 14.9. The molecule has 0 saturated carbocycles. The van der Waals surface area contributed by atoms with E-state index >= 15 is 0 Å². The molecule has 0 aliphatic carbocycles. The molecule has 3 aromatic rings. The van der Waals surface area contributed by atoms with Gasteiger partial charge in [0.05, 0.1) is 17.2 Å². The lowest BCUT2D eigenvalue weighted by molar-refractivity contribution is -0.159. The minimum atomic E-state index is -1.15. The number of hydrogen-bond donors (Lipinski definition) is 2. The monoisotopic (exact) mass is 629 g/mol. The fourth-order valence-electron chi connectivity index (χ4n) is 5.66. The summed E-state index contributed by atoms with van der Waals surface area (Å²) in [6.45, 7) is 8.93. The Kier molecular flexibility index (Phi) is 10.6. The Morgan fingerprint density at radius 1 is 0.891 bits per heavy atom. The highest BCUT2D eigenvalue weighted by atomic mass is 16.6. The van der Waals surface area contributed by atoms with Crippen LogP contribution < -0.4 is 5.32 Å². The Bertz CT molecular complexity index is 1560. The van der Waals surface area contributed by atoms with E-state index in [1.54, 1.807) is 57.2 Å². The molecule has 1 aliphatic rings. The van der Waals surface area contributed by atoms with E-state index in [4.69, 9.17) is 4.74 Å². The zero-order valence-corrected chi connectivity index (χ0v) is 27.3. The smallest absolute Gasteiger partial charge is 0.326 e. The second-order valence-electron chi connectivity index (χ2n) is 13.2. The lowest BCUT2D eigenvalue weighted by atomic mass is 9.99. The van der Waals surface area contributed by atoms with Gasteiger partial charge in [0.2, 0.25) is 5.91 Å². The third-order valence-electron chi connectivity index (χ3n) is 7.95. The van der Waals surface area contributed by atoms with Crippen LogP contribution in [0.15, 0.2) is 66.7 Å². The van der Waals surface area contributed by atoms with Crippen LogP contribution in [0.5, 0.6) is 0 Å². The van der Waals surface area contributed by atoms with Gasteiger partial charge in [-0.05, 0) is 68.0 Å². The van der Waals surface area contributed by atoms with Gasteiger partial charge in [0.25, 0.3) is 11.8 Å². The average molecular weight is 630 g/mol. The summed E-state index contributed by atoms with van der Waals surface area (Å²) in [5.74, 6) is -3.17. The number of carboxylic acid groups (broad SMARTS) is 1. The number of carboxylic acids is 1. The van der Waals surface area contributed by atoms with Gasteiger partial charge in [-0.25, -0.2) is 4.79 Å². The topological polar surface area (TPSA) is 133 Å². The van der Waals surface area contributed by atoms with Crippen LogP contribution in [0.1, 0.15) is 73.7 Å². The summed E-state index contributed by atoms with van der Waals surface area (Å²) >= 11 is 0. The molecule has 0 aromatic heterocycles. The molecule has 0 radical (unpaired) electrons. The number of carbonyl (C=O) groups is 5. The van der Waals surface area contributed by atoms with Crippen LogP contribution in [0.3, 0.4) is 0 Å². The number of carbonyl (C=O) groups excluding carboxylic acids is 4. The van der Waals surface area contributed by atoms with Crippen molar-refractivity contribution in [2.75, 3.05) is 13.6 Å². The number of nitrogens with zero attached hydrogens (tertiary/aromatic N) is 2. The van der Waals surface area contributed by atoms with Crippen molar-refractivity contribution in [2.45, 2.75) is 77.6 Å². The number of fused-ring (bicyclic) bond motifs is 2. The van der Waals surface area contributed by atoms with Gasteiger partial charge >= 0.3 is 11.9 Å². The summed E-state index contributed by atoms with van der Waals surface area (Å²) in [7, 11) is 1.45. The number of rotatable bonds is 13. The Labute approximate surface area is 269 Å². The van der Waals surface area contributed by atoms with Gasteiger partial charge in [0.1, 0.15) is 17.7 Å². The number of imide groups is 1. The summed E-state index contributed by atoms with van der Waals surface area (Å²) in [6.07, 6.45) is 0.397. The molecular formula is C36H43N3O7. The molecule has 1 aliphatic heterocycles. The SMILES string of the molecule is CC(C)C[C@H](NC(CCN1C(=O)c2cc3ccccc3cc2C1=O)C(=O)OC(C)(C)C)C(=O)N(C)[C@@H](Cc1ccccc1)C(=O)O. The van der Waals surface area contributed by atoms with E-state index in [0.29, 0.717) is 17.5 Å². The molecule has 1 heterocycles.